The minimum atomic E-state index is -0.863. The van der Waals surface area contributed by atoms with Gasteiger partial charge in [0.2, 0.25) is 5.79 Å². The van der Waals surface area contributed by atoms with Gasteiger partial charge in [0, 0.05) is 13.0 Å². The fourth-order valence-corrected chi connectivity index (χ4v) is 1.78. The summed E-state index contributed by atoms with van der Waals surface area (Å²) in [6.45, 7) is 2.79. The van der Waals surface area contributed by atoms with Crippen molar-refractivity contribution in [3.8, 4) is 0 Å². The molecule has 1 aliphatic rings. The van der Waals surface area contributed by atoms with Crippen LogP contribution in [0.5, 0.6) is 0 Å². The normalized spacial score (nSPS) is 29.6. The van der Waals surface area contributed by atoms with Crippen molar-refractivity contribution in [3.05, 3.63) is 29.8 Å². The molecule has 0 aliphatic carbocycles. The van der Waals surface area contributed by atoms with Gasteiger partial charge in [0.1, 0.15) is 5.82 Å². The van der Waals surface area contributed by atoms with Crippen molar-refractivity contribution in [1.29, 1.82) is 0 Å². The van der Waals surface area contributed by atoms with E-state index in [1.807, 2.05) is 6.92 Å². The number of nitrogens with two attached hydrogens (primary N) is 1. The van der Waals surface area contributed by atoms with Gasteiger partial charge in [0.05, 0.1) is 24.6 Å². The van der Waals surface area contributed by atoms with Crippen LogP contribution in [-0.2, 0) is 15.3 Å². The second-order valence-electron chi connectivity index (χ2n) is 3.75. The molecule has 1 aromatic heterocycles. The first kappa shape index (κ1) is 11.4. The van der Waals surface area contributed by atoms with Gasteiger partial charge in [-0.2, -0.15) is 0 Å². The third-order valence-electron chi connectivity index (χ3n) is 2.71. The Labute approximate surface area is 93.6 Å². The highest BCUT2D eigenvalue weighted by atomic mass is 19.1. The summed E-state index contributed by atoms with van der Waals surface area (Å²) in [6, 6.07) is 2.93. The van der Waals surface area contributed by atoms with Gasteiger partial charge >= 0.3 is 0 Å². The molecule has 2 atom stereocenters. The van der Waals surface area contributed by atoms with Crippen LogP contribution in [0.1, 0.15) is 19.0 Å². The van der Waals surface area contributed by atoms with Gasteiger partial charge in [0.15, 0.2) is 0 Å². The zero-order valence-electron chi connectivity index (χ0n) is 9.15. The van der Waals surface area contributed by atoms with E-state index in [1.165, 1.54) is 6.07 Å². The molecule has 5 heteroatoms. The van der Waals surface area contributed by atoms with E-state index in [9.17, 15) is 4.39 Å². The number of hydrogen-bond acceptors (Lipinski definition) is 4. The first-order valence-electron chi connectivity index (χ1n) is 5.34. The maximum absolute atomic E-state index is 12.8. The topological polar surface area (TPSA) is 57.4 Å². The van der Waals surface area contributed by atoms with E-state index in [0.717, 1.165) is 6.20 Å². The van der Waals surface area contributed by atoms with Crippen LogP contribution in [-0.4, -0.2) is 24.2 Å². The molecule has 0 saturated carbocycles. The molecule has 0 bridgehead atoms. The van der Waals surface area contributed by atoms with Gasteiger partial charge in [0.25, 0.3) is 0 Å². The standard InChI is InChI=1S/C11H15FN2O2/c1-2-11(15-7-9(5-13)16-11)10-4-3-8(12)6-14-10/h3-4,6,9H,2,5,7,13H2,1H3. The van der Waals surface area contributed by atoms with Crippen LogP contribution < -0.4 is 5.73 Å². The molecule has 1 fully saturated rings. The lowest BCUT2D eigenvalue weighted by molar-refractivity contribution is -0.180. The van der Waals surface area contributed by atoms with Gasteiger partial charge in [-0.1, -0.05) is 6.92 Å². The molecule has 2 N–H and O–H groups in total. The molecule has 0 aromatic carbocycles. The maximum Gasteiger partial charge on any atom is 0.212 e. The van der Waals surface area contributed by atoms with Crippen molar-refractivity contribution in [2.24, 2.45) is 5.73 Å². The summed E-state index contributed by atoms with van der Waals surface area (Å²) >= 11 is 0. The molecule has 2 rings (SSSR count). The van der Waals surface area contributed by atoms with Crippen LogP contribution in [0.25, 0.3) is 0 Å². The van der Waals surface area contributed by atoms with Crippen LogP contribution in [0, 0.1) is 5.82 Å². The lowest BCUT2D eigenvalue weighted by Crippen LogP contribution is -2.30. The number of pyridine rings is 1. The fourth-order valence-electron chi connectivity index (χ4n) is 1.78. The van der Waals surface area contributed by atoms with E-state index in [4.69, 9.17) is 15.2 Å². The number of hydrogen-bond donors (Lipinski definition) is 1. The average Bonchev–Trinajstić information content (AvgIpc) is 2.75. The molecule has 88 valence electrons. The summed E-state index contributed by atoms with van der Waals surface area (Å²) in [5.74, 6) is -1.24. The highest BCUT2D eigenvalue weighted by Crippen LogP contribution is 2.35. The number of ether oxygens (including phenoxy) is 2. The van der Waals surface area contributed by atoms with Crippen LogP contribution in [0.3, 0.4) is 0 Å². The summed E-state index contributed by atoms with van der Waals surface area (Å²) in [5, 5.41) is 0. The Morgan fingerprint density at radius 1 is 1.62 bits per heavy atom. The lowest BCUT2D eigenvalue weighted by Gasteiger charge is -2.25. The number of nitrogens with zero attached hydrogens (tertiary/aromatic N) is 1. The Bertz CT molecular complexity index is 358. The van der Waals surface area contributed by atoms with Crippen LogP contribution in [0.15, 0.2) is 18.3 Å². The molecular weight excluding hydrogens is 211 g/mol. The van der Waals surface area contributed by atoms with Gasteiger partial charge in [-0.05, 0) is 12.1 Å². The van der Waals surface area contributed by atoms with Crippen molar-refractivity contribution in [2.75, 3.05) is 13.2 Å². The first-order valence-corrected chi connectivity index (χ1v) is 5.34. The van der Waals surface area contributed by atoms with Gasteiger partial charge in [-0.3, -0.25) is 4.98 Å². The zero-order valence-corrected chi connectivity index (χ0v) is 9.15. The van der Waals surface area contributed by atoms with Crippen molar-refractivity contribution in [2.45, 2.75) is 25.2 Å². The SMILES string of the molecule is CCC1(c2ccc(F)cn2)OCC(CN)O1. The Kier molecular flexibility index (Phi) is 3.18. The molecule has 1 aromatic rings. The first-order chi connectivity index (χ1) is 7.70. The minimum Gasteiger partial charge on any atom is -0.342 e. The molecule has 2 heterocycles. The van der Waals surface area contributed by atoms with E-state index >= 15 is 0 Å². The second kappa shape index (κ2) is 4.45. The Hall–Kier alpha value is -1.04. The molecule has 1 aliphatic heterocycles. The van der Waals surface area contributed by atoms with Crippen molar-refractivity contribution >= 4 is 0 Å². The highest BCUT2D eigenvalue weighted by molar-refractivity contribution is 5.12. The lowest BCUT2D eigenvalue weighted by atomic mass is 10.1. The fraction of sp³-hybridized carbons (Fsp3) is 0.545. The van der Waals surface area contributed by atoms with Crippen LogP contribution >= 0.6 is 0 Å². The highest BCUT2D eigenvalue weighted by Gasteiger charge is 2.42. The van der Waals surface area contributed by atoms with E-state index in [-0.39, 0.29) is 11.9 Å². The molecular formula is C11H15FN2O2. The van der Waals surface area contributed by atoms with E-state index in [0.29, 0.717) is 25.3 Å². The maximum atomic E-state index is 12.8. The smallest absolute Gasteiger partial charge is 0.212 e. The number of halogens is 1. The summed E-state index contributed by atoms with van der Waals surface area (Å²) in [4.78, 5) is 4.01. The summed E-state index contributed by atoms with van der Waals surface area (Å²) in [5.41, 5.74) is 6.12. The Morgan fingerprint density at radius 2 is 2.44 bits per heavy atom. The zero-order chi connectivity index (χ0) is 11.6. The molecule has 16 heavy (non-hydrogen) atoms. The molecule has 0 spiro atoms. The Balaban J connectivity index is 2.25. The van der Waals surface area contributed by atoms with Gasteiger partial charge in [-0.25, -0.2) is 4.39 Å². The molecule has 0 amide bonds. The van der Waals surface area contributed by atoms with Crippen molar-refractivity contribution in [3.63, 3.8) is 0 Å². The molecule has 0 radical (unpaired) electrons. The second-order valence-corrected chi connectivity index (χ2v) is 3.75. The Morgan fingerprint density at radius 3 is 2.94 bits per heavy atom. The quantitative estimate of drug-likeness (QED) is 0.840. The predicted octanol–water partition coefficient (Wildman–Crippen LogP) is 1.16. The minimum absolute atomic E-state index is 0.119. The van der Waals surface area contributed by atoms with E-state index in [2.05, 4.69) is 4.98 Å². The van der Waals surface area contributed by atoms with E-state index < -0.39 is 5.79 Å². The monoisotopic (exact) mass is 226 g/mol. The molecule has 4 nitrogen and oxygen atoms in total. The predicted molar refractivity (Wildman–Crippen MR) is 56.0 cm³/mol. The van der Waals surface area contributed by atoms with Crippen LogP contribution in [0.2, 0.25) is 0 Å². The average molecular weight is 226 g/mol. The van der Waals surface area contributed by atoms with Gasteiger partial charge < -0.3 is 15.2 Å². The van der Waals surface area contributed by atoms with Crippen LogP contribution in [0.4, 0.5) is 4.39 Å². The van der Waals surface area contributed by atoms with Crippen molar-refractivity contribution < 1.29 is 13.9 Å². The van der Waals surface area contributed by atoms with Gasteiger partial charge in [-0.15, -0.1) is 0 Å². The molecule has 1 saturated heterocycles. The summed E-state index contributed by atoms with van der Waals surface area (Å²) in [7, 11) is 0. The van der Waals surface area contributed by atoms with E-state index in [1.54, 1.807) is 6.07 Å². The third-order valence-corrected chi connectivity index (χ3v) is 2.71. The third kappa shape index (κ3) is 1.93. The van der Waals surface area contributed by atoms with Crippen molar-refractivity contribution in [1.82, 2.24) is 4.98 Å². The number of aromatic nitrogens is 1. The number of rotatable bonds is 3. The molecule has 2 unspecified atom stereocenters. The summed E-state index contributed by atoms with van der Waals surface area (Å²) < 4.78 is 24.2. The summed E-state index contributed by atoms with van der Waals surface area (Å²) in [6.07, 6.45) is 1.66. The largest absolute Gasteiger partial charge is 0.342 e.